The third kappa shape index (κ3) is 4.41. The highest BCUT2D eigenvalue weighted by Crippen LogP contribution is 2.30. The van der Waals surface area contributed by atoms with Gasteiger partial charge in [0.2, 0.25) is 0 Å². The molecule has 0 radical (unpaired) electrons. The Morgan fingerprint density at radius 1 is 1.00 bits per heavy atom. The molecule has 21 heavy (non-hydrogen) atoms. The molecule has 0 N–H and O–H groups in total. The van der Waals surface area contributed by atoms with Crippen LogP contribution >= 0.6 is 11.8 Å². The Balaban J connectivity index is 2.24. The van der Waals surface area contributed by atoms with Gasteiger partial charge in [-0.1, -0.05) is 0 Å². The van der Waals surface area contributed by atoms with Crippen LogP contribution in [0.25, 0.3) is 0 Å². The molecule has 0 saturated heterocycles. The fourth-order valence-electron chi connectivity index (χ4n) is 2.02. The molecule has 0 saturated carbocycles. The third-order valence-electron chi connectivity index (χ3n) is 3.04. The van der Waals surface area contributed by atoms with E-state index in [1.807, 2.05) is 44.4 Å². The summed E-state index contributed by atoms with van der Waals surface area (Å²) < 4.78 is 11.3. The molecule has 0 atom stereocenters. The summed E-state index contributed by atoms with van der Waals surface area (Å²) in [6.45, 7) is 0.801. The number of ether oxygens (including phenoxy) is 2. The highest BCUT2D eigenvalue weighted by Gasteiger charge is 2.08. The van der Waals surface area contributed by atoms with Crippen LogP contribution in [0.15, 0.2) is 47.4 Å². The van der Waals surface area contributed by atoms with Crippen molar-refractivity contribution in [3.63, 3.8) is 0 Å². The summed E-state index contributed by atoms with van der Waals surface area (Å²) in [4.78, 5) is 3.34. The van der Waals surface area contributed by atoms with Crippen molar-refractivity contribution in [1.82, 2.24) is 4.90 Å². The van der Waals surface area contributed by atoms with E-state index in [0.717, 1.165) is 29.4 Å². The van der Waals surface area contributed by atoms with Gasteiger partial charge in [0, 0.05) is 17.0 Å². The minimum atomic E-state index is 0.801. The first kappa shape index (κ1) is 15.7. The standard InChI is InChI=1S/C17H21NO2S/c1-18(2)12-13-11-15(19-3)7-10-17(13)20-14-5-8-16(21-4)9-6-14/h5-11H,12H2,1-4H3. The van der Waals surface area contributed by atoms with Crippen molar-refractivity contribution in [2.75, 3.05) is 27.5 Å². The molecule has 0 aliphatic heterocycles. The molecule has 0 bridgehead atoms. The van der Waals surface area contributed by atoms with Crippen LogP contribution in [0.5, 0.6) is 17.2 Å². The van der Waals surface area contributed by atoms with Crippen molar-refractivity contribution in [3.8, 4) is 17.2 Å². The Kier molecular flexibility index (Phi) is 5.53. The Labute approximate surface area is 130 Å². The number of hydrogen-bond acceptors (Lipinski definition) is 4. The first-order valence-corrected chi connectivity index (χ1v) is 7.98. The molecule has 0 amide bonds. The molecular weight excluding hydrogens is 282 g/mol. The van der Waals surface area contributed by atoms with Crippen molar-refractivity contribution in [2.24, 2.45) is 0 Å². The zero-order valence-corrected chi connectivity index (χ0v) is 13.7. The van der Waals surface area contributed by atoms with Gasteiger partial charge in [-0.2, -0.15) is 0 Å². The molecule has 2 aromatic rings. The smallest absolute Gasteiger partial charge is 0.132 e. The van der Waals surface area contributed by atoms with E-state index in [1.165, 1.54) is 4.90 Å². The van der Waals surface area contributed by atoms with Crippen LogP contribution in [0.4, 0.5) is 0 Å². The maximum absolute atomic E-state index is 6.02. The summed E-state index contributed by atoms with van der Waals surface area (Å²) in [6, 6.07) is 14.0. The molecule has 0 heterocycles. The first-order valence-electron chi connectivity index (χ1n) is 6.76. The SMILES string of the molecule is COc1ccc(Oc2ccc(SC)cc2)c(CN(C)C)c1. The third-order valence-corrected chi connectivity index (χ3v) is 3.79. The zero-order chi connectivity index (χ0) is 15.2. The lowest BCUT2D eigenvalue weighted by atomic mass is 10.1. The molecule has 0 fully saturated rings. The highest BCUT2D eigenvalue weighted by atomic mass is 32.2. The van der Waals surface area contributed by atoms with Crippen molar-refractivity contribution >= 4 is 11.8 Å². The van der Waals surface area contributed by atoms with Crippen LogP contribution in [-0.2, 0) is 6.54 Å². The monoisotopic (exact) mass is 303 g/mol. The van der Waals surface area contributed by atoms with Gasteiger partial charge in [0.05, 0.1) is 7.11 Å². The lowest BCUT2D eigenvalue weighted by Gasteiger charge is -2.16. The van der Waals surface area contributed by atoms with Gasteiger partial charge in [0.25, 0.3) is 0 Å². The van der Waals surface area contributed by atoms with Gasteiger partial charge in [-0.15, -0.1) is 11.8 Å². The first-order chi connectivity index (χ1) is 10.1. The van der Waals surface area contributed by atoms with Gasteiger partial charge < -0.3 is 14.4 Å². The molecule has 0 aromatic heterocycles. The lowest BCUT2D eigenvalue weighted by Crippen LogP contribution is -2.11. The van der Waals surface area contributed by atoms with Crippen molar-refractivity contribution in [2.45, 2.75) is 11.4 Å². The summed E-state index contributed by atoms with van der Waals surface area (Å²) in [5.74, 6) is 2.55. The van der Waals surface area contributed by atoms with Crippen molar-refractivity contribution in [3.05, 3.63) is 48.0 Å². The van der Waals surface area contributed by atoms with Gasteiger partial charge in [0.15, 0.2) is 0 Å². The number of hydrogen-bond donors (Lipinski definition) is 0. The average Bonchev–Trinajstić information content (AvgIpc) is 2.49. The average molecular weight is 303 g/mol. The molecule has 4 heteroatoms. The quantitative estimate of drug-likeness (QED) is 0.743. The Morgan fingerprint density at radius 2 is 1.67 bits per heavy atom. The molecule has 3 nitrogen and oxygen atoms in total. The van der Waals surface area contributed by atoms with Gasteiger partial charge >= 0.3 is 0 Å². The molecule has 0 aliphatic carbocycles. The van der Waals surface area contributed by atoms with Gasteiger partial charge in [-0.3, -0.25) is 0 Å². The van der Waals surface area contributed by atoms with Gasteiger partial charge in [-0.25, -0.2) is 0 Å². The molecule has 2 rings (SSSR count). The largest absolute Gasteiger partial charge is 0.497 e. The molecule has 0 aliphatic rings. The summed E-state index contributed by atoms with van der Waals surface area (Å²) >= 11 is 1.72. The minimum Gasteiger partial charge on any atom is -0.497 e. The summed E-state index contributed by atoms with van der Waals surface area (Å²) in [5, 5.41) is 0. The molecule has 0 unspecified atom stereocenters. The number of nitrogens with zero attached hydrogens (tertiary/aromatic N) is 1. The van der Waals surface area contributed by atoms with Crippen LogP contribution in [0, 0.1) is 0 Å². The number of thioether (sulfide) groups is 1. The summed E-state index contributed by atoms with van der Waals surface area (Å²) in [6.07, 6.45) is 2.06. The van der Waals surface area contributed by atoms with E-state index in [1.54, 1.807) is 18.9 Å². The normalized spacial score (nSPS) is 10.7. The Morgan fingerprint density at radius 3 is 2.24 bits per heavy atom. The molecule has 112 valence electrons. The number of rotatable bonds is 6. The topological polar surface area (TPSA) is 21.7 Å². The van der Waals surface area contributed by atoms with Crippen LogP contribution in [0.3, 0.4) is 0 Å². The maximum Gasteiger partial charge on any atom is 0.132 e. The van der Waals surface area contributed by atoms with Crippen LogP contribution in [0.1, 0.15) is 5.56 Å². The zero-order valence-electron chi connectivity index (χ0n) is 12.9. The Hall–Kier alpha value is -1.65. The van der Waals surface area contributed by atoms with E-state index in [9.17, 15) is 0 Å². The van der Waals surface area contributed by atoms with E-state index in [-0.39, 0.29) is 0 Å². The van der Waals surface area contributed by atoms with Gasteiger partial charge in [-0.05, 0) is 62.8 Å². The van der Waals surface area contributed by atoms with E-state index in [4.69, 9.17) is 9.47 Å². The predicted octanol–water partition coefficient (Wildman–Crippen LogP) is 4.27. The fraction of sp³-hybridized carbons (Fsp3) is 0.294. The fourth-order valence-corrected chi connectivity index (χ4v) is 2.43. The van der Waals surface area contributed by atoms with E-state index in [0.29, 0.717) is 0 Å². The van der Waals surface area contributed by atoms with Crippen LogP contribution in [0.2, 0.25) is 0 Å². The summed E-state index contributed by atoms with van der Waals surface area (Å²) in [5.41, 5.74) is 1.10. The van der Waals surface area contributed by atoms with Gasteiger partial charge in [0.1, 0.15) is 17.2 Å². The highest BCUT2D eigenvalue weighted by molar-refractivity contribution is 7.98. The van der Waals surface area contributed by atoms with Crippen molar-refractivity contribution in [1.29, 1.82) is 0 Å². The minimum absolute atomic E-state index is 0.801. The second kappa shape index (κ2) is 7.38. The number of methoxy groups -OCH3 is 1. The van der Waals surface area contributed by atoms with Crippen LogP contribution < -0.4 is 9.47 Å². The Bertz CT molecular complexity index is 582. The molecular formula is C17H21NO2S. The molecule has 0 spiro atoms. The van der Waals surface area contributed by atoms with Crippen LogP contribution in [-0.4, -0.2) is 32.4 Å². The van der Waals surface area contributed by atoms with E-state index in [2.05, 4.69) is 23.3 Å². The predicted molar refractivity (Wildman–Crippen MR) is 88.7 cm³/mol. The maximum atomic E-state index is 6.02. The second-order valence-corrected chi connectivity index (χ2v) is 5.87. The van der Waals surface area contributed by atoms with Crippen molar-refractivity contribution < 1.29 is 9.47 Å². The van der Waals surface area contributed by atoms with E-state index < -0.39 is 0 Å². The summed E-state index contributed by atoms with van der Waals surface area (Å²) in [7, 11) is 5.75. The van der Waals surface area contributed by atoms with E-state index >= 15 is 0 Å². The number of benzene rings is 2. The lowest BCUT2D eigenvalue weighted by molar-refractivity contribution is 0.382. The molecule has 2 aromatic carbocycles. The second-order valence-electron chi connectivity index (χ2n) is 4.99.